The Morgan fingerprint density at radius 1 is 1.11 bits per heavy atom. The Bertz CT molecular complexity index is 826. The third-order valence-corrected chi connectivity index (χ3v) is 4.77. The summed E-state index contributed by atoms with van der Waals surface area (Å²) in [6.45, 7) is 6.94. The van der Waals surface area contributed by atoms with Crippen LogP contribution in [0.5, 0.6) is 0 Å². The van der Waals surface area contributed by atoms with Gasteiger partial charge in [0.05, 0.1) is 5.94 Å². The summed E-state index contributed by atoms with van der Waals surface area (Å²) < 4.78 is 0. The third-order valence-electron chi connectivity index (χ3n) is 4.77. The Labute approximate surface area is 166 Å². The lowest BCUT2D eigenvalue weighted by Crippen LogP contribution is -2.55. The van der Waals surface area contributed by atoms with Crippen LogP contribution in [-0.4, -0.2) is 41.0 Å². The monoisotopic (exact) mass is 382 g/mol. The van der Waals surface area contributed by atoms with Gasteiger partial charge < -0.3 is 20.3 Å². The van der Waals surface area contributed by atoms with Gasteiger partial charge in [0, 0.05) is 12.6 Å². The van der Waals surface area contributed by atoms with Crippen LogP contribution in [0.4, 0.5) is 5.69 Å². The number of aryl methyl sites for hydroxylation is 2. The topological polar surface area (TPSA) is 89.9 Å². The molecule has 0 bridgehead atoms. The molecule has 0 aliphatic heterocycles. The van der Waals surface area contributed by atoms with Gasteiger partial charge in [0.1, 0.15) is 6.04 Å². The van der Waals surface area contributed by atoms with Gasteiger partial charge in [-0.1, -0.05) is 42.0 Å². The van der Waals surface area contributed by atoms with Crippen molar-refractivity contribution >= 4 is 24.6 Å². The van der Waals surface area contributed by atoms with E-state index in [0.717, 1.165) is 16.7 Å². The van der Waals surface area contributed by atoms with Gasteiger partial charge in [0.15, 0.2) is 0 Å². The van der Waals surface area contributed by atoms with Gasteiger partial charge in [-0.3, -0.25) is 9.59 Å². The van der Waals surface area contributed by atoms with E-state index < -0.39 is 25.0 Å². The Morgan fingerprint density at radius 3 is 2.29 bits per heavy atom. The molecule has 2 aromatic carbocycles. The van der Waals surface area contributed by atoms with Crippen LogP contribution in [0.25, 0.3) is 0 Å². The highest BCUT2D eigenvalue weighted by Gasteiger charge is 2.31. The van der Waals surface area contributed by atoms with E-state index in [9.17, 15) is 19.6 Å². The molecule has 2 aromatic rings. The van der Waals surface area contributed by atoms with Crippen molar-refractivity contribution in [2.24, 2.45) is 0 Å². The van der Waals surface area contributed by atoms with Gasteiger partial charge in [0.2, 0.25) is 11.8 Å². The number of rotatable bonds is 7. The van der Waals surface area contributed by atoms with E-state index in [4.69, 9.17) is 0 Å². The minimum atomic E-state index is -1.72. The summed E-state index contributed by atoms with van der Waals surface area (Å²) in [5, 5.41) is 22.2. The molecule has 148 valence electrons. The van der Waals surface area contributed by atoms with Crippen LogP contribution in [0.3, 0.4) is 0 Å². The molecule has 0 aliphatic carbocycles. The number of carbonyl (C=O) groups is 2. The fourth-order valence-electron chi connectivity index (χ4n) is 3.23. The van der Waals surface area contributed by atoms with Crippen molar-refractivity contribution in [3.8, 4) is 0 Å². The van der Waals surface area contributed by atoms with Crippen molar-refractivity contribution in [2.45, 2.75) is 46.1 Å². The molecule has 0 saturated heterocycles. The van der Waals surface area contributed by atoms with E-state index >= 15 is 0 Å². The van der Waals surface area contributed by atoms with E-state index in [1.54, 1.807) is 31.2 Å². The number of nitrogens with zero attached hydrogens (tertiary/aromatic N) is 1. The smallest absolute Gasteiger partial charge is 0.426 e. The molecule has 0 unspecified atom stereocenters. The van der Waals surface area contributed by atoms with Crippen molar-refractivity contribution in [1.29, 1.82) is 0 Å². The zero-order valence-corrected chi connectivity index (χ0v) is 16.7. The standard InChI is InChI=1S/C21H27BN2O4/c1-14-10-11-18(15(2)12-14)13-20(22(27)28)23-21(26)16(3)24(17(4)25)19-8-6-5-7-9-19/h5-12,16,20,27-28H,13H2,1-4H3,(H,23,26)/t16-,20+/m1/s1. The summed E-state index contributed by atoms with van der Waals surface area (Å²) >= 11 is 0. The SMILES string of the molecule is CC(=O)N(c1ccccc1)[C@H](C)C(=O)N[C@@H](Cc1ccc(C)cc1C)B(O)O. The van der Waals surface area contributed by atoms with Gasteiger partial charge in [-0.05, 0) is 50.5 Å². The second-order valence-electron chi connectivity index (χ2n) is 7.06. The normalized spacial score (nSPS) is 12.8. The Morgan fingerprint density at radius 2 is 1.75 bits per heavy atom. The predicted molar refractivity (Wildman–Crippen MR) is 111 cm³/mol. The first-order valence-electron chi connectivity index (χ1n) is 9.28. The van der Waals surface area contributed by atoms with Crippen molar-refractivity contribution < 1.29 is 19.6 Å². The molecule has 0 saturated carbocycles. The highest BCUT2D eigenvalue weighted by atomic mass is 16.4. The fraction of sp³-hybridized carbons (Fsp3) is 0.333. The van der Waals surface area contributed by atoms with Crippen LogP contribution in [0, 0.1) is 13.8 Å². The number of anilines is 1. The van der Waals surface area contributed by atoms with E-state index in [0.29, 0.717) is 5.69 Å². The lowest BCUT2D eigenvalue weighted by molar-refractivity contribution is -0.125. The van der Waals surface area contributed by atoms with E-state index in [2.05, 4.69) is 5.32 Å². The predicted octanol–water partition coefficient (Wildman–Crippen LogP) is 1.78. The Balaban J connectivity index is 2.17. The number of nitrogens with one attached hydrogen (secondary N) is 1. The van der Waals surface area contributed by atoms with Crippen molar-refractivity contribution in [3.63, 3.8) is 0 Å². The molecule has 0 aliphatic rings. The highest BCUT2D eigenvalue weighted by molar-refractivity contribution is 6.43. The molecule has 0 heterocycles. The Kier molecular flexibility index (Phi) is 7.37. The van der Waals surface area contributed by atoms with Gasteiger partial charge in [-0.2, -0.15) is 0 Å². The second-order valence-corrected chi connectivity index (χ2v) is 7.06. The first kappa shape index (κ1) is 21.7. The number of benzene rings is 2. The summed E-state index contributed by atoms with van der Waals surface area (Å²) in [5.74, 6) is -1.62. The first-order chi connectivity index (χ1) is 13.2. The van der Waals surface area contributed by atoms with E-state index in [-0.39, 0.29) is 12.3 Å². The van der Waals surface area contributed by atoms with Crippen LogP contribution in [-0.2, 0) is 16.0 Å². The average molecular weight is 382 g/mol. The molecule has 2 amide bonds. The molecule has 0 radical (unpaired) electrons. The summed E-state index contributed by atoms with van der Waals surface area (Å²) in [5.41, 5.74) is 3.65. The number of amides is 2. The molecule has 28 heavy (non-hydrogen) atoms. The molecular weight excluding hydrogens is 355 g/mol. The lowest BCUT2D eigenvalue weighted by Gasteiger charge is -2.29. The van der Waals surface area contributed by atoms with Crippen LogP contribution >= 0.6 is 0 Å². The minimum Gasteiger partial charge on any atom is -0.426 e. The fourth-order valence-corrected chi connectivity index (χ4v) is 3.23. The molecular formula is C21H27BN2O4. The molecule has 0 spiro atoms. The molecule has 7 heteroatoms. The molecule has 0 aromatic heterocycles. The zero-order chi connectivity index (χ0) is 20.8. The zero-order valence-electron chi connectivity index (χ0n) is 16.7. The van der Waals surface area contributed by atoms with Crippen molar-refractivity contribution in [3.05, 3.63) is 65.2 Å². The van der Waals surface area contributed by atoms with Crippen LogP contribution in [0.2, 0.25) is 0 Å². The van der Waals surface area contributed by atoms with E-state index in [1.807, 2.05) is 38.1 Å². The maximum Gasteiger partial charge on any atom is 0.475 e. The maximum atomic E-state index is 12.8. The van der Waals surface area contributed by atoms with Crippen LogP contribution in [0.1, 0.15) is 30.5 Å². The van der Waals surface area contributed by atoms with E-state index in [1.165, 1.54) is 11.8 Å². The summed E-state index contributed by atoms with van der Waals surface area (Å²) in [4.78, 5) is 26.3. The quantitative estimate of drug-likeness (QED) is 0.637. The molecule has 3 N–H and O–H groups in total. The van der Waals surface area contributed by atoms with Gasteiger partial charge in [-0.15, -0.1) is 0 Å². The third kappa shape index (κ3) is 5.44. The largest absolute Gasteiger partial charge is 0.475 e. The minimum absolute atomic E-state index is 0.271. The van der Waals surface area contributed by atoms with Gasteiger partial charge >= 0.3 is 7.12 Å². The van der Waals surface area contributed by atoms with Crippen LogP contribution < -0.4 is 10.2 Å². The number of hydrogen-bond acceptors (Lipinski definition) is 4. The number of carbonyl (C=O) groups excluding carboxylic acids is 2. The van der Waals surface area contributed by atoms with Crippen molar-refractivity contribution in [2.75, 3.05) is 4.90 Å². The number of hydrogen-bond donors (Lipinski definition) is 3. The summed E-state index contributed by atoms with van der Waals surface area (Å²) in [6, 6.07) is 14.0. The van der Waals surface area contributed by atoms with Crippen LogP contribution in [0.15, 0.2) is 48.5 Å². The number of para-hydroxylation sites is 1. The first-order valence-corrected chi connectivity index (χ1v) is 9.28. The molecule has 6 nitrogen and oxygen atoms in total. The summed E-state index contributed by atoms with van der Waals surface area (Å²) in [7, 11) is -1.72. The van der Waals surface area contributed by atoms with Gasteiger partial charge in [-0.25, -0.2) is 0 Å². The highest BCUT2D eigenvalue weighted by Crippen LogP contribution is 2.18. The molecule has 0 fully saturated rings. The Hall–Kier alpha value is -2.64. The molecule has 2 rings (SSSR count). The second kappa shape index (κ2) is 9.53. The lowest BCUT2D eigenvalue weighted by atomic mass is 9.75. The maximum absolute atomic E-state index is 12.8. The summed E-state index contributed by atoms with van der Waals surface area (Å²) in [6.07, 6.45) is 0.271. The van der Waals surface area contributed by atoms with Gasteiger partial charge in [0.25, 0.3) is 0 Å². The average Bonchev–Trinajstić information content (AvgIpc) is 2.63. The van der Waals surface area contributed by atoms with Crippen molar-refractivity contribution in [1.82, 2.24) is 5.32 Å². The molecule has 2 atom stereocenters.